The first kappa shape index (κ1) is 20.3. The summed E-state index contributed by atoms with van der Waals surface area (Å²) in [6.45, 7) is 3.74. The smallest absolute Gasteiger partial charge is 0.287 e. The van der Waals surface area contributed by atoms with Crippen molar-refractivity contribution < 1.29 is 9.32 Å². The van der Waals surface area contributed by atoms with E-state index in [1.165, 1.54) is 33.7 Å². The fraction of sp³-hybridized carbons (Fsp3) is 0.250. The van der Waals surface area contributed by atoms with Crippen LogP contribution in [-0.4, -0.2) is 25.7 Å². The number of fused-ring (bicyclic) bond motifs is 1. The van der Waals surface area contributed by atoms with Crippen molar-refractivity contribution in [3.63, 3.8) is 0 Å². The van der Waals surface area contributed by atoms with Gasteiger partial charge >= 0.3 is 0 Å². The van der Waals surface area contributed by atoms with E-state index in [1.807, 2.05) is 37.3 Å². The second-order valence-electron chi connectivity index (χ2n) is 6.61. The van der Waals surface area contributed by atoms with Crippen LogP contribution in [0.15, 0.2) is 56.1 Å². The van der Waals surface area contributed by atoms with Gasteiger partial charge in [0.05, 0.1) is 11.6 Å². The van der Waals surface area contributed by atoms with Crippen LogP contribution in [0.2, 0.25) is 0 Å². The summed E-state index contributed by atoms with van der Waals surface area (Å²) in [6, 6.07) is 12.8. The molecular formula is C20H19N5O3S2. The number of rotatable bonds is 7. The number of hydrogen-bond donors (Lipinski definition) is 1. The second kappa shape index (κ2) is 8.80. The molecule has 0 aliphatic rings. The molecule has 0 radical (unpaired) electrons. The van der Waals surface area contributed by atoms with Gasteiger partial charge in [-0.05, 0) is 18.9 Å². The Hall–Kier alpha value is -2.98. The first-order valence-corrected chi connectivity index (χ1v) is 11.2. The number of thioether (sulfide) groups is 1. The fourth-order valence-electron chi connectivity index (χ4n) is 3.05. The van der Waals surface area contributed by atoms with E-state index in [0.717, 1.165) is 5.56 Å². The zero-order valence-corrected chi connectivity index (χ0v) is 18.0. The molecule has 0 fully saturated rings. The van der Waals surface area contributed by atoms with Crippen LogP contribution >= 0.6 is 23.1 Å². The van der Waals surface area contributed by atoms with Crippen LogP contribution in [0.4, 0.5) is 5.13 Å². The predicted octanol–water partition coefficient (Wildman–Crippen LogP) is 3.87. The highest BCUT2D eigenvalue weighted by molar-refractivity contribution is 8.00. The molecule has 0 unspecified atom stereocenters. The van der Waals surface area contributed by atoms with Crippen LogP contribution in [0.25, 0.3) is 5.65 Å². The van der Waals surface area contributed by atoms with E-state index in [0.29, 0.717) is 38.7 Å². The maximum absolute atomic E-state index is 12.7. The number of carbonyl (C=O) groups excluding carboxylic acids is 1. The number of nitrogens with zero attached hydrogens (tertiary/aromatic N) is 4. The molecule has 3 aromatic heterocycles. The molecule has 1 aromatic carbocycles. The molecule has 3 heterocycles. The molecule has 0 bridgehead atoms. The van der Waals surface area contributed by atoms with Crippen molar-refractivity contribution >= 4 is 39.8 Å². The summed E-state index contributed by atoms with van der Waals surface area (Å²) in [5, 5.41) is 11.5. The van der Waals surface area contributed by atoms with Crippen molar-refractivity contribution in [2.75, 3.05) is 5.32 Å². The summed E-state index contributed by atoms with van der Waals surface area (Å²) in [5.74, 6) is 0.732. The third kappa shape index (κ3) is 4.44. The molecule has 10 heteroatoms. The molecule has 8 nitrogen and oxygen atoms in total. The van der Waals surface area contributed by atoms with Gasteiger partial charge in [0.15, 0.2) is 9.99 Å². The van der Waals surface area contributed by atoms with Crippen molar-refractivity contribution in [1.82, 2.24) is 19.8 Å². The van der Waals surface area contributed by atoms with Gasteiger partial charge < -0.3 is 4.52 Å². The van der Waals surface area contributed by atoms with Crippen LogP contribution in [0, 0.1) is 6.92 Å². The van der Waals surface area contributed by atoms with Gasteiger partial charge in [-0.25, -0.2) is 4.98 Å². The summed E-state index contributed by atoms with van der Waals surface area (Å²) in [4.78, 5) is 29.2. The van der Waals surface area contributed by atoms with E-state index in [9.17, 15) is 9.59 Å². The molecule has 0 saturated heterocycles. The Morgan fingerprint density at radius 3 is 2.83 bits per heavy atom. The highest BCUT2D eigenvalue weighted by Crippen LogP contribution is 2.29. The first-order valence-electron chi connectivity index (χ1n) is 9.35. The van der Waals surface area contributed by atoms with Gasteiger partial charge in [-0.3, -0.25) is 14.9 Å². The molecule has 1 N–H and O–H groups in total. The maximum Gasteiger partial charge on any atom is 0.287 e. The lowest BCUT2D eigenvalue weighted by Gasteiger charge is -2.13. The van der Waals surface area contributed by atoms with Gasteiger partial charge in [-0.2, -0.15) is 0 Å². The average molecular weight is 442 g/mol. The molecule has 0 aliphatic heterocycles. The summed E-state index contributed by atoms with van der Waals surface area (Å²) in [6.07, 6.45) is 0.688. The van der Waals surface area contributed by atoms with Gasteiger partial charge in [0.25, 0.3) is 5.56 Å². The SMILES string of the molecule is CC[C@H](C(=O)Nc1nnc(SCc2cc(=O)n3oc(C)cc3n2)s1)c1ccccc1. The van der Waals surface area contributed by atoms with Crippen LogP contribution in [0.5, 0.6) is 0 Å². The third-order valence-electron chi connectivity index (χ3n) is 4.43. The van der Waals surface area contributed by atoms with Crippen molar-refractivity contribution in [2.45, 2.75) is 36.3 Å². The lowest BCUT2D eigenvalue weighted by atomic mass is 9.96. The van der Waals surface area contributed by atoms with E-state index in [1.54, 1.807) is 13.0 Å². The second-order valence-corrected chi connectivity index (χ2v) is 8.81. The maximum atomic E-state index is 12.7. The first-order chi connectivity index (χ1) is 14.5. The molecule has 4 rings (SSSR count). The highest BCUT2D eigenvalue weighted by Gasteiger charge is 2.20. The molecule has 1 amide bonds. The van der Waals surface area contributed by atoms with Crippen LogP contribution in [0.1, 0.15) is 36.3 Å². The highest BCUT2D eigenvalue weighted by atomic mass is 32.2. The standard InChI is InChI=1S/C20H19N5O3S2/c1-3-15(13-7-5-4-6-8-13)18(27)22-19-23-24-20(30-19)29-11-14-10-17(26)25-16(21-14)9-12(2)28-25/h4-10,15H,3,11H2,1-2H3,(H,22,23,27)/t15-/m0/s1. The van der Waals surface area contributed by atoms with Crippen molar-refractivity contribution in [3.05, 3.63) is 69.8 Å². The summed E-state index contributed by atoms with van der Waals surface area (Å²) < 4.78 is 7.14. The van der Waals surface area contributed by atoms with E-state index in [2.05, 4.69) is 20.5 Å². The molecule has 0 aliphatic carbocycles. The van der Waals surface area contributed by atoms with Crippen molar-refractivity contribution in [2.24, 2.45) is 0 Å². The number of aryl methyl sites for hydroxylation is 1. The number of anilines is 1. The van der Waals surface area contributed by atoms with Crippen LogP contribution < -0.4 is 10.9 Å². The lowest BCUT2D eigenvalue weighted by molar-refractivity contribution is -0.117. The van der Waals surface area contributed by atoms with Gasteiger partial charge in [-0.15, -0.1) is 14.8 Å². The molecule has 154 valence electrons. The summed E-state index contributed by atoms with van der Waals surface area (Å²) in [7, 11) is 0. The van der Waals surface area contributed by atoms with E-state index >= 15 is 0 Å². The summed E-state index contributed by atoms with van der Waals surface area (Å²) >= 11 is 2.70. The molecule has 1 atom stereocenters. The number of nitrogens with one attached hydrogen (secondary N) is 1. The number of hydrogen-bond acceptors (Lipinski definition) is 8. The Balaban J connectivity index is 1.41. The van der Waals surface area contributed by atoms with E-state index in [4.69, 9.17) is 4.52 Å². The molecule has 4 aromatic rings. The minimum Gasteiger partial charge on any atom is -0.375 e. The topological polar surface area (TPSA) is 102 Å². The lowest BCUT2D eigenvalue weighted by Crippen LogP contribution is -2.20. The average Bonchev–Trinajstić information content (AvgIpc) is 3.33. The molecular weight excluding hydrogens is 422 g/mol. The number of aromatic nitrogens is 4. The Bertz CT molecular complexity index is 1230. The van der Waals surface area contributed by atoms with Crippen LogP contribution in [0.3, 0.4) is 0 Å². The van der Waals surface area contributed by atoms with Gasteiger partial charge in [0.1, 0.15) is 5.76 Å². The fourth-order valence-corrected chi connectivity index (χ4v) is 4.70. The largest absolute Gasteiger partial charge is 0.375 e. The Kier molecular flexibility index (Phi) is 5.96. The van der Waals surface area contributed by atoms with E-state index in [-0.39, 0.29) is 17.4 Å². The number of amides is 1. The quantitative estimate of drug-likeness (QED) is 0.343. The zero-order valence-electron chi connectivity index (χ0n) is 16.4. The summed E-state index contributed by atoms with van der Waals surface area (Å²) in [5.41, 5.74) is 1.81. The van der Waals surface area contributed by atoms with Crippen molar-refractivity contribution in [3.8, 4) is 0 Å². The Morgan fingerprint density at radius 2 is 2.07 bits per heavy atom. The van der Waals surface area contributed by atoms with Gasteiger partial charge in [0.2, 0.25) is 11.0 Å². The molecule has 30 heavy (non-hydrogen) atoms. The van der Waals surface area contributed by atoms with E-state index < -0.39 is 0 Å². The Labute approximate surface area is 180 Å². The minimum absolute atomic E-state index is 0.105. The molecule has 0 saturated carbocycles. The third-order valence-corrected chi connectivity index (χ3v) is 6.44. The van der Waals surface area contributed by atoms with Gasteiger partial charge in [0, 0.05) is 17.9 Å². The normalized spacial score (nSPS) is 12.2. The Morgan fingerprint density at radius 1 is 1.27 bits per heavy atom. The predicted molar refractivity (Wildman–Crippen MR) is 116 cm³/mol. The monoisotopic (exact) mass is 441 g/mol. The van der Waals surface area contributed by atoms with Crippen LogP contribution in [-0.2, 0) is 10.5 Å². The number of benzene rings is 1. The zero-order chi connectivity index (χ0) is 21.1. The van der Waals surface area contributed by atoms with Gasteiger partial charge in [-0.1, -0.05) is 60.4 Å². The minimum atomic E-state index is -0.263. The molecule has 0 spiro atoms. The van der Waals surface area contributed by atoms with Crippen molar-refractivity contribution in [1.29, 1.82) is 0 Å². The number of carbonyl (C=O) groups is 1.